The Labute approximate surface area is 176 Å². The van der Waals surface area contributed by atoms with E-state index in [0.29, 0.717) is 24.2 Å². The number of aromatic nitrogens is 2. The van der Waals surface area contributed by atoms with E-state index in [0.717, 1.165) is 61.3 Å². The van der Waals surface area contributed by atoms with Gasteiger partial charge in [-0.15, -0.1) is 0 Å². The largest absolute Gasteiger partial charge is 0.474 e. The molecule has 0 atom stereocenters. The number of hydrogen-bond acceptors (Lipinski definition) is 5. The average molecular weight is 409 g/mol. The standard InChI is InChI=1S/C23H28N4O3/c1-14(2)27-13-16(11-19(27)22(28)26-17-3-4-17)21-20-15(12-25-21)5-8-24-23(20)30-18-6-9-29-10-7-18/h5,8,11,13-14,17-18H,3-4,6-7,9-10,12H2,1-2H3,(H,26,28). The lowest BCUT2D eigenvalue weighted by Crippen LogP contribution is -2.28. The molecule has 158 valence electrons. The molecule has 2 aliphatic heterocycles. The van der Waals surface area contributed by atoms with Crippen molar-refractivity contribution in [1.29, 1.82) is 0 Å². The Balaban J connectivity index is 1.47. The van der Waals surface area contributed by atoms with Crippen LogP contribution in [0.3, 0.4) is 0 Å². The van der Waals surface area contributed by atoms with Crippen LogP contribution >= 0.6 is 0 Å². The van der Waals surface area contributed by atoms with Crippen LogP contribution in [0.5, 0.6) is 5.88 Å². The monoisotopic (exact) mass is 408 g/mol. The molecular weight excluding hydrogens is 380 g/mol. The van der Waals surface area contributed by atoms with Crippen molar-refractivity contribution in [3.05, 3.63) is 46.9 Å². The third-order valence-electron chi connectivity index (χ3n) is 5.92. The summed E-state index contributed by atoms with van der Waals surface area (Å²) in [6, 6.07) is 4.46. The molecule has 2 aromatic heterocycles. The van der Waals surface area contributed by atoms with Gasteiger partial charge in [-0.1, -0.05) is 0 Å². The minimum atomic E-state index is -0.0128. The fraction of sp³-hybridized carbons (Fsp3) is 0.522. The second-order valence-corrected chi connectivity index (χ2v) is 8.61. The van der Waals surface area contributed by atoms with Crippen LogP contribution in [0.25, 0.3) is 0 Å². The third kappa shape index (κ3) is 3.74. The van der Waals surface area contributed by atoms with E-state index in [1.807, 2.05) is 22.9 Å². The first-order valence-corrected chi connectivity index (χ1v) is 10.9. The van der Waals surface area contributed by atoms with Crippen LogP contribution in [0.4, 0.5) is 0 Å². The molecule has 4 heterocycles. The second-order valence-electron chi connectivity index (χ2n) is 8.61. The molecule has 1 amide bonds. The van der Waals surface area contributed by atoms with Gasteiger partial charge in [-0.2, -0.15) is 0 Å². The van der Waals surface area contributed by atoms with Gasteiger partial charge in [0.15, 0.2) is 0 Å². The van der Waals surface area contributed by atoms with E-state index in [1.165, 1.54) is 0 Å². The number of hydrogen-bond donors (Lipinski definition) is 1. The van der Waals surface area contributed by atoms with Gasteiger partial charge in [-0.25, -0.2) is 4.98 Å². The lowest BCUT2D eigenvalue weighted by Gasteiger charge is -2.23. The summed E-state index contributed by atoms with van der Waals surface area (Å²) < 4.78 is 13.8. The Morgan fingerprint density at radius 2 is 2.07 bits per heavy atom. The highest BCUT2D eigenvalue weighted by Crippen LogP contribution is 2.32. The summed E-state index contributed by atoms with van der Waals surface area (Å²) in [5.74, 6) is 0.623. The Bertz CT molecular complexity index is 984. The number of pyridine rings is 1. The zero-order chi connectivity index (χ0) is 20.7. The van der Waals surface area contributed by atoms with Gasteiger partial charge < -0.3 is 19.4 Å². The van der Waals surface area contributed by atoms with Crippen molar-refractivity contribution >= 4 is 11.6 Å². The molecule has 1 saturated heterocycles. The molecule has 7 heteroatoms. The van der Waals surface area contributed by atoms with Crippen molar-refractivity contribution in [1.82, 2.24) is 14.9 Å². The zero-order valence-corrected chi connectivity index (χ0v) is 17.6. The van der Waals surface area contributed by atoms with E-state index in [4.69, 9.17) is 14.5 Å². The zero-order valence-electron chi connectivity index (χ0n) is 17.6. The number of fused-ring (bicyclic) bond motifs is 1. The van der Waals surface area contributed by atoms with E-state index < -0.39 is 0 Å². The molecule has 1 saturated carbocycles. The SMILES string of the molecule is CC(C)n1cc(C2=NCc3ccnc(OC4CCOCC4)c32)cc1C(=O)NC1CC1. The summed E-state index contributed by atoms with van der Waals surface area (Å²) >= 11 is 0. The van der Waals surface area contributed by atoms with Crippen molar-refractivity contribution in [3.8, 4) is 5.88 Å². The van der Waals surface area contributed by atoms with Gasteiger partial charge in [-0.05, 0) is 44.4 Å². The molecule has 3 aliphatic rings. The van der Waals surface area contributed by atoms with Crippen LogP contribution in [0, 0.1) is 0 Å². The lowest BCUT2D eigenvalue weighted by atomic mass is 10.0. The van der Waals surface area contributed by atoms with E-state index in [-0.39, 0.29) is 18.1 Å². The third-order valence-corrected chi connectivity index (χ3v) is 5.92. The molecule has 7 nitrogen and oxygen atoms in total. The van der Waals surface area contributed by atoms with Gasteiger partial charge in [0.1, 0.15) is 11.8 Å². The minimum absolute atomic E-state index is 0.0128. The van der Waals surface area contributed by atoms with Crippen LogP contribution in [0.1, 0.15) is 72.8 Å². The molecule has 0 radical (unpaired) electrons. The summed E-state index contributed by atoms with van der Waals surface area (Å²) in [5, 5.41) is 3.11. The molecule has 5 rings (SSSR count). The number of ether oxygens (including phenoxy) is 2. The highest BCUT2D eigenvalue weighted by Gasteiger charge is 2.29. The van der Waals surface area contributed by atoms with Crippen molar-refractivity contribution in [2.24, 2.45) is 4.99 Å². The summed E-state index contributed by atoms with van der Waals surface area (Å²) in [5.41, 5.74) is 4.55. The maximum absolute atomic E-state index is 12.8. The molecule has 2 fully saturated rings. The summed E-state index contributed by atoms with van der Waals surface area (Å²) in [4.78, 5) is 22.1. The summed E-state index contributed by atoms with van der Waals surface area (Å²) in [6.07, 6.45) is 7.81. The number of rotatable bonds is 6. The Hall–Kier alpha value is -2.67. The van der Waals surface area contributed by atoms with Crippen LogP contribution in [-0.2, 0) is 11.3 Å². The fourth-order valence-electron chi connectivity index (χ4n) is 4.09. The molecule has 30 heavy (non-hydrogen) atoms. The lowest BCUT2D eigenvalue weighted by molar-refractivity contribution is 0.0236. The van der Waals surface area contributed by atoms with Crippen molar-refractivity contribution in [3.63, 3.8) is 0 Å². The van der Waals surface area contributed by atoms with Crippen LogP contribution in [-0.4, -0.2) is 46.5 Å². The van der Waals surface area contributed by atoms with Crippen LogP contribution in [0.2, 0.25) is 0 Å². The van der Waals surface area contributed by atoms with Crippen molar-refractivity contribution < 1.29 is 14.3 Å². The number of carbonyl (C=O) groups is 1. The van der Waals surface area contributed by atoms with Gasteiger partial charge in [0.25, 0.3) is 5.91 Å². The first-order valence-electron chi connectivity index (χ1n) is 10.9. The molecular formula is C23H28N4O3. The van der Waals surface area contributed by atoms with Gasteiger partial charge in [0.2, 0.25) is 5.88 Å². The molecule has 2 aromatic rings. The Morgan fingerprint density at radius 3 is 2.80 bits per heavy atom. The number of amides is 1. The van der Waals surface area contributed by atoms with Crippen LogP contribution in [0.15, 0.2) is 29.5 Å². The highest BCUT2D eigenvalue weighted by molar-refractivity contribution is 6.17. The first kappa shape index (κ1) is 19.3. The summed E-state index contributed by atoms with van der Waals surface area (Å²) in [7, 11) is 0. The smallest absolute Gasteiger partial charge is 0.268 e. The van der Waals surface area contributed by atoms with E-state index in [9.17, 15) is 4.79 Å². The predicted molar refractivity (Wildman–Crippen MR) is 113 cm³/mol. The number of nitrogens with zero attached hydrogens (tertiary/aromatic N) is 3. The number of carbonyl (C=O) groups excluding carboxylic acids is 1. The predicted octanol–water partition coefficient (Wildman–Crippen LogP) is 3.27. The quantitative estimate of drug-likeness (QED) is 0.796. The Kier molecular flexibility index (Phi) is 5.06. The maximum Gasteiger partial charge on any atom is 0.268 e. The van der Waals surface area contributed by atoms with E-state index in [1.54, 1.807) is 6.20 Å². The number of nitrogens with one attached hydrogen (secondary N) is 1. The van der Waals surface area contributed by atoms with Crippen molar-refractivity contribution in [2.45, 2.75) is 64.3 Å². The maximum atomic E-state index is 12.8. The first-order chi connectivity index (χ1) is 14.6. The van der Waals surface area contributed by atoms with Gasteiger partial charge in [-0.3, -0.25) is 9.79 Å². The Morgan fingerprint density at radius 1 is 1.27 bits per heavy atom. The molecule has 0 aromatic carbocycles. The molecule has 1 N–H and O–H groups in total. The molecule has 0 spiro atoms. The molecule has 1 aliphatic carbocycles. The normalized spacial score (nSPS) is 19.0. The van der Waals surface area contributed by atoms with Gasteiger partial charge in [0.05, 0.1) is 31.0 Å². The highest BCUT2D eigenvalue weighted by atomic mass is 16.5. The summed E-state index contributed by atoms with van der Waals surface area (Å²) in [6.45, 7) is 6.22. The second kappa shape index (κ2) is 7.87. The van der Waals surface area contributed by atoms with Gasteiger partial charge >= 0.3 is 0 Å². The van der Waals surface area contributed by atoms with Crippen LogP contribution < -0.4 is 10.1 Å². The van der Waals surface area contributed by atoms with Gasteiger partial charge in [0, 0.05) is 42.9 Å². The minimum Gasteiger partial charge on any atom is -0.474 e. The van der Waals surface area contributed by atoms with E-state index >= 15 is 0 Å². The molecule has 0 unspecified atom stereocenters. The van der Waals surface area contributed by atoms with E-state index in [2.05, 4.69) is 24.1 Å². The fourth-order valence-corrected chi connectivity index (χ4v) is 4.09. The molecule has 0 bridgehead atoms. The average Bonchev–Trinajstić information content (AvgIpc) is 3.27. The van der Waals surface area contributed by atoms with Crippen molar-refractivity contribution in [2.75, 3.05) is 13.2 Å². The number of aliphatic imine (C=N–C) groups is 1. The topological polar surface area (TPSA) is 77.7 Å².